The predicted molar refractivity (Wildman–Crippen MR) is 244 cm³/mol. The Morgan fingerprint density at radius 3 is 0.841 bits per heavy atom. The summed E-state index contributed by atoms with van der Waals surface area (Å²) in [6.07, 6.45) is 28.7. The first kappa shape index (κ1) is 47.9. The fourth-order valence-corrected chi connectivity index (χ4v) is 15.2. The third kappa shape index (κ3) is 12.1. The maximum Gasteiger partial charge on any atom is 0.139 e. The molecule has 8 rings (SSSR count). The summed E-state index contributed by atoms with van der Waals surface area (Å²) in [5.74, 6) is 3.24. The number of hydrogen-bond acceptors (Lipinski definition) is 6. The van der Waals surface area contributed by atoms with Gasteiger partial charge in [-0.15, -0.1) is 0 Å². The summed E-state index contributed by atoms with van der Waals surface area (Å²) in [7, 11) is 0. The molecule has 4 unspecified atom stereocenters. The second-order valence-electron chi connectivity index (χ2n) is 23.6. The van der Waals surface area contributed by atoms with Gasteiger partial charge in [-0.05, 0) is 210 Å². The molecule has 6 nitrogen and oxygen atoms in total. The smallest absolute Gasteiger partial charge is 0.139 e. The minimum atomic E-state index is -0.742. The van der Waals surface area contributed by atoms with Crippen LogP contribution in [0.3, 0.4) is 0 Å². The monoisotopic (exact) mass is 881 g/mol. The highest BCUT2D eigenvalue weighted by Crippen LogP contribution is 2.50. The van der Waals surface area contributed by atoms with Gasteiger partial charge < -0.3 is 9.47 Å². The second kappa shape index (κ2) is 22.0. The van der Waals surface area contributed by atoms with Crippen LogP contribution in [0.15, 0.2) is 0 Å². The molecular formula is C55H86F2O6. The van der Waals surface area contributed by atoms with E-state index in [1.54, 1.807) is 0 Å². The van der Waals surface area contributed by atoms with Gasteiger partial charge in [-0.25, -0.2) is 8.78 Å². The SMILES string of the molecule is CC(C)(C1CCC(OC2CCC(C(=O)C3CCCC(C(=O)C4CCC(F)CC4)C3)CC2)CC1)C1CCC(OC2CCC(C(=O)C3CCCC(C(=O)C4CCC(F)CC4)C3)CC2)CC1. The Kier molecular flexibility index (Phi) is 16.8. The molecule has 8 aliphatic rings. The Morgan fingerprint density at radius 2 is 0.571 bits per heavy atom. The maximum absolute atomic E-state index is 13.7. The molecule has 63 heavy (non-hydrogen) atoms. The summed E-state index contributed by atoms with van der Waals surface area (Å²) in [6.45, 7) is 5.06. The first-order valence-corrected chi connectivity index (χ1v) is 27.1. The van der Waals surface area contributed by atoms with E-state index in [1.807, 2.05) is 0 Å². The van der Waals surface area contributed by atoms with Crippen molar-refractivity contribution < 1.29 is 37.4 Å². The van der Waals surface area contributed by atoms with E-state index >= 15 is 0 Å². The molecule has 0 aliphatic heterocycles. The Bertz CT molecular complexity index is 1390. The number of ether oxygens (including phenoxy) is 2. The van der Waals surface area contributed by atoms with Crippen LogP contribution in [-0.4, -0.2) is 59.9 Å². The van der Waals surface area contributed by atoms with Crippen molar-refractivity contribution >= 4 is 23.1 Å². The van der Waals surface area contributed by atoms with Crippen molar-refractivity contribution in [3.8, 4) is 0 Å². The number of ketones is 4. The van der Waals surface area contributed by atoms with Crippen molar-refractivity contribution in [3.63, 3.8) is 0 Å². The topological polar surface area (TPSA) is 86.7 Å². The molecule has 0 radical (unpaired) electrons. The van der Waals surface area contributed by atoms with Crippen LogP contribution in [0, 0.1) is 64.6 Å². The average Bonchev–Trinajstić information content (AvgIpc) is 3.32. The van der Waals surface area contributed by atoms with Gasteiger partial charge in [0.1, 0.15) is 35.5 Å². The Hall–Kier alpha value is -1.54. The number of Topliss-reactive ketones (excluding diaryl/α,β-unsaturated/α-hetero) is 4. The highest BCUT2D eigenvalue weighted by molar-refractivity contribution is 5.88. The number of hydrogen-bond donors (Lipinski definition) is 0. The van der Waals surface area contributed by atoms with Crippen LogP contribution in [-0.2, 0) is 28.7 Å². The van der Waals surface area contributed by atoms with Gasteiger partial charge in [-0.3, -0.25) is 19.2 Å². The highest BCUT2D eigenvalue weighted by atomic mass is 19.1. The summed E-state index contributed by atoms with van der Waals surface area (Å²) in [6, 6.07) is 0. The predicted octanol–water partition coefficient (Wildman–Crippen LogP) is 13.2. The van der Waals surface area contributed by atoms with Crippen LogP contribution in [0.4, 0.5) is 8.78 Å². The van der Waals surface area contributed by atoms with Crippen molar-refractivity contribution in [1.82, 2.24) is 0 Å². The summed E-state index contributed by atoms with van der Waals surface area (Å²) in [5, 5.41) is 0. The maximum atomic E-state index is 13.7. The number of carbonyl (C=O) groups is 4. The molecule has 4 atom stereocenters. The summed E-state index contributed by atoms with van der Waals surface area (Å²) in [5.41, 5.74) is 0.306. The molecular weight excluding hydrogens is 795 g/mol. The van der Waals surface area contributed by atoms with Crippen LogP contribution in [0.2, 0.25) is 0 Å². The highest BCUT2D eigenvalue weighted by Gasteiger charge is 2.44. The largest absolute Gasteiger partial charge is 0.375 e. The van der Waals surface area contributed by atoms with Crippen LogP contribution < -0.4 is 0 Å². The lowest BCUT2D eigenvalue weighted by Gasteiger charge is -2.47. The molecule has 0 spiro atoms. The van der Waals surface area contributed by atoms with E-state index in [2.05, 4.69) is 13.8 Å². The third-order valence-electron chi connectivity index (χ3n) is 19.5. The molecule has 8 heteroatoms. The average molecular weight is 881 g/mol. The lowest BCUT2D eigenvalue weighted by atomic mass is 9.60. The van der Waals surface area contributed by atoms with Gasteiger partial charge in [-0.1, -0.05) is 26.7 Å². The van der Waals surface area contributed by atoms with Crippen molar-refractivity contribution in [1.29, 1.82) is 0 Å². The normalized spacial score (nSPS) is 42.2. The molecule has 0 amide bonds. The van der Waals surface area contributed by atoms with Crippen LogP contribution >= 0.6 is 0 Å². The Balaban J connectivity index is 0.692. The van der Waals surface area contributed by atoms with Gasteiger partial charge in [-0.2, -0.15) is 0 Å². The summed E-state index contributed by atoms with van der Waals surface area (Å²) < 4.78 is 40.9. The van der Waals surface area contributed by atoms with Crippen LogP contribution in [0.5, 0.6) is 0 Å². The molecule has 8 saturated carbocycles. The summed E-state index contributed by atoms with van der Waals surface area (Å²) in [4.78, 5) is 54.0. The first-order valence-electron chi connectivity index (χ1n) is 27.1. The van der Waals surface area contributed by atoms with E-state index in [4.69, 9.17) is 9.47 Å². The number of rotatable bonds is 14. The zero-order valence-corrected chi connectivity index (χ0v) is 39.6. The number of alkyl halides is 2. The van der Waals surface area contributed by atoms with E-state index in [1.165, 1.54) is 25.7 Å². The van der Waals surface area contributed by atoms with Crippen LogP contribution in [0.1, 0.15) is 219 Å². The number of halogens is 2. The van der Waals surface area contributed by atoms with E-state index in [0.717, 1.165) is 140 Å². The lowest BCUT2D eigenvalue weighted by Crippen LogP contribution is -2.40. The zero-order chi connectivity index (χ0) is 44.1. The zero-order valence-electron chi connectivity index (χ0n) is 39.6. The number of carbonyl (C=O) groups excluding carboxylic acids is 4. The van der Waals surface area contributed by atoms with Gasteiger partial charge in [0.15, 0.2) is 0 Å². The van der Waals surface area contributed by atoms with Gasteiger partial charge in [0.05, 0.1) is 24.4 Å². The minimum Gasteiger partial charge on any atom is -0.375 e. The van der Waals surface area contributed by atoms with Crippen molar-refractivity contribution in [3.05, 3.63) is 0 Å². The molecule has 0 aromatic rings. The van der Waals surface area contributed by atoms with Gasteiger partial charge >= 0.3 is 0 Å². The van der Waals surface area contributed by atoms with Crippen molar-refractivity contribution in [2.45, 2.75) is 256 Å². The molecule has 8 fully saturated rings. The van der Waals surface area contributed by atoms with Gasteiger partial charge in [0.25, 0.3) is 0 Å². The minimum absolute atomic E-state index is 0.00252. The van der Waals surface area contributed by atoms with Gasteiger partial charge in [0, 0.05) is 47.3 Å². The fourth-order valence-electron chi connectivity index (χ4n) is 15.2. The van der Waals surface area contributed by atoms with E-state index in [9.17, 15) is 28.0 Å². The Labute approximate surface area is 380 Å². The molecule has 0 aromatic carbocycles. The van der Waals surface area contributed by atoms with E-state index in [0.29, 0.717) is 92.1 Å². The lowest BCUT2D eigenvalue weighted by molar-refractivity contribution is -0.135. The molecule has 8 aliphatic carbocycles. The standard InChI is InChI=1S/C55H86F2O6/c1-55(2,43-17-29-49(30-18-43)62-47-25-13-37(14-26-47)53(60)41-7-3-5-39(33-41)51(58)35-9-21-45(56)22-10-35)44-19-31-50(32-20-44)63-48-27-15-38(16-28-48)54(61)42-8-4-6-40(34-42)52(59)36-11-23-46(57)24-12-36/h35-50H,3-34H2,1-2H3. The third-order valence-corrected chi connectivity index (χ3v) is 19.5. The molecule has 0 aromatic heterocycles. The quantitative estimate of drug-likeness (QED) is 0.173. The fraction of sp³-hybridized carbons (Fsp3) is 0.927. The van der Waals surface area contributed by atoms with Crippen molar-refractivity contribution in [2.24, 2.45) is 64.6 Å². The van der Waals surface area contributed by atoms with Crippen LogP contribution in [0.25, 0.3) is 0 Å². The molecule has 0 N–H and O–H groups in total. The first-order chi connectivity index (χ1) is 30.4. The van der Waals surface area contributed by atoms with E-state index in [-0.39, 0.29) is 59.6 Å². The second-order valence-corrected chi connectivity index (χ2v) is 23.6. The molecule has 0 saturated heterocycles. The molecule has 356 valence electrons. The van der Waals surface area contributed by atoms with Gasteiger partial charge in [0.2, 0.25) is 0 Å². The van der Waals surface area contributed by atoms with Crippen molar-refractivity contribution in [2.75, 3.05) is 0 Å². The molecule has 0 bridgehead atoms. The van der Waals surface area contributed by atoms with E-state index < -0.39 is 12.3 Å². The summed E-state index contributed by atoms with van der Waals surface area (Å²) >= 11 is 0. The molecule has 0 heterocycles. The Morgan fingerprint density at radius 1 is 0.333 bits per heavy atom.